The molecule has 1 aromatic heterocycles. The maximum absolute atomic E-state index is 12.1. The number of carbonyl (C=O) groups excluding carboxylic acids is 2. The highest BCUT2D eigenvalue weighted by Gasteiger charge is 2.27. The smallest absolute Gasteiger partial charge is 0.289 e. The van der Waals surface area contributed by atoms with Crippen molar-refractivity contribution < 1.29 is 14.0 Å². The number of amides is 2. The Morgan fingerprint density at radius 3 is 2.50 bits per heavy atom. The van der Waals surface area contributed by atoms with E-state index in [0.717, 1.165) is 6.42 Å². The van der Waals surface area contributed by atoms with E-state index in [1.54, 1.807) is 21.9 Å². The van der Waals surface area contributed by atoms with Crippen LogP contribution in [0.25, 0.3) is 0 Å². The van der Waals surface area contributed by atoms with Crippen molar-refractivity contribution in [3.05, 3.63) is 24.2 Å². The predicted molar refractivity (Wildman–Crippen MR) is 74.1 cm³/mol. The summed E-state index contributed by atoms with van der Waals surface area (Å²) in [6.45, 7) is 4.10. The molecule has 1 fully saturated rings. The molecular formula is C14H21N3O3. The van der Waals surface area contributed by atoms with Gasteiger partial charge in [0.25, 0.3) is 5.91 Å². The zero-order valence-corrected chi connectivity index (χ0v) is 11.7. The standard InChI is InChI=1S/C14H21N3O3/c1-2-4-11(15)13(18)16-6-8-17(9-7-16)14(19)12-5-3-10-20-12/h3,5,10-11H,2,4,6-9,15H2,1H3. The molecule has 0 bridgehead atoms. The molecule has 110 valence electrons. The number of piperazine rings is 1. The van der Waals surface area contributed by atoms with E-state index in [1.807, 2.05) is 6.92 Å². The zero-order valence-electron chi connectivity index (χ0n) is 11.7. The van der Waals surface area contributed by atoms with Gasteiger partial charge >= 0.3 is 0 Å². The summed E-state index contributed by atoms with van der Waals surface area (Å²) in [6, 6.07) is 2.92. The van der Waals surface area contributed by atoms with Crippen molar-refractivity contribution in [2.45, 2.75) is 25.8 Å². The van der Waals surface area contributed by atoms with Crippen molar-refractivity contribution in [1.82, 2.24) is 9.80 Å². The lowest BCUT2D eigenvalue weighted by atomic mass is 10.1. The molecule has 20 heavy (non-hydrogen) atoms. The van der Waals surface area contributed by atoms with E-state index in [9.17, 15) is 9.59 Å². The van der Waals surface area contributed by atoms with Gasteiger partial charge in [-0.05, 0) is 18.6 Å². The Morgan fingerprint density at radius 2 is 1.95 bits per heavy atom. The maximum atomic E-state index is 12.1. The molecule has 1 aliphatic rings. The van der Waals surface area contributed by atoms with E-state index in [-0.39, 0.29) is 11.8 Å². The highest BCUT2D eigenvalue weighted by atomic mass is 16.3. The number of rotatable bonds is 4. The van der Waals surface area contributed by atoms with Crippen LogP contribution in [0.1, 0.15) is 30.3 Å². The van der Waals surface area contributed by atoms with Crippen molar-refractivity contribution in [3.8, 4) is 0 Å². The first-order chi connectivity index (χ1) is 9.63. The van der Waals surface area contributed by atoms with Crippen molar-refractivity contribution in [1.29, 1.82) is 0 Å². The van der Waals surface area contributed by atoms with Gasteiger partial charge in [-0.25, -0.2) is 0 Å². The van der Waals surface area contributed by atoms with Crippen molar-refractivity contribution in [2.75, 3.05) is 26.2 Å². The third-order valence-electron chi connectivity index (χ3n) is 3.53. The van der Waals surface area contributed by atoms with E-state index >= 15 is 0 Å². The molecule has 6 heteroatoms. The molecule has 1 aromatic rings. The molecule has 0 aromatic carbocycles. The molecule has 0 spiro atoms. The lowest BCUT2D eigenvalue weighted by molar-refractivity contribution is -0.134. The normalized spacial score (nSPS) is 17.1. The number of hydrogen-bond donors (Lipinski definition) is 1. The lowest BCUT2D eigenvalue weighted by Crippen LogP contribution is -2.54. The molecule has 2 rings (SSSR count). The molecule has 6 nitrogen and oxygen atoms in total. The van der Waals surface area contributed by atoms with Crippen molar-refractivity contribution in [3.63, 3.8) is 0 Å². The van der Waals surface area contributed by atoms with E-state index in [2.05, 4.69) is 0 Å². The summed E-state index contributed by atoms with van der Waals surface area (Å²) in [6.07, 6.45) is 3.07. The quantitative estimate of drug-likeness (QED) is 0.879. The fourth-order valence-electron chi connectivity index (χ4n) is 2.36. The second kappa shape index (κ2) is 6.56. The van der Waals surface area contributed by atoms with Gasteiger partial charge in [-0.15, -0.1) is 0 Å². The fraction of sp³-hybridized carbons (Fsp3) is 0.571. The molecule has 1 unspecified atom stereocenters. The maximum Gasteiger partial charge on any atom is 0.289 e. The number of nitrogens with zero attached hydrogens (tertiary/aromatic N) is 2. The Kier molecular flexibility index (Phi) is 4.79. The minimum Gasteiger partial charge on any atom is -0.459 e. The van der Waals surface area contributed by atoms with Gasteiger partial charge in [0, 0.05) is 26.2 Å². The molecule has 2 heterocycles. The summed E-state index contributed by atoms with van der Waals surface area (Å²) >= 11 is 0. The van der Waals surface area contributed by atoms with Crippen LogP contribution < -0.4 is 5.73 Å². The number of hydrogen-bond acceptors (Lipinski definition) is 4. The van der Waals surface area contributed by atoms with Gasteiger partial charge in [0.05, 0.1) is 12.3 Å². The average Bonchev–Trinajstić information content (AvgIpc) is 3.00. The van der Waals surface area contributed by atoms with Gasteiger partial charge in [0.1, 0.15) is 0 Å². The van der Waals surface area contributed by atoms with Gasteiger partial charge in [-0.3, -0.25) is 9.59 Å². The molecule has 0 aliphatic carbocycles. The Labute approximate surface area is 118 Å². The number of nitrogens with two attached hydrogens (primary N) is 1. The van der Waals surface area contributed by atoms with Gasteiger partial charge in [0.15, 0.2) is 5.76 Å². The summed E-state index contributed by atoms with van der Waals surface area (Å²) in [4.78, 5) is 27.6. The SMILES string of the molecule is CCCC(N)C(=O)N1CCN(C(=O)c2ccco2)CC1. The molecule has 2 amide bonds. The van der Waals surface area contributed by atoms with Crippen LogP contribution >= 0.6 is 0 Å². The summed E-state index contributed by atoms with van der Waals surface area (Å²) in [5.41, 5.74) is 5.84. The predicted octanol–water partition coefficient (Wildman–Crippen LogP) is 0.691. The summed E-state index contributed by atoms with van der Waals surface area (Å²) < 4.78 is 5.10. The Hall–Kier alpha value is -1.82. The Morgan fingerprint density at radius 1 is 1.30 bits per heavy atom. The van der Waals surface area contributed by atoms with Crippen LogP contribution in [0.2, 0.25) is 0 Å². The van der Waals surface area contributed by atoms with E-state index in [1.165, 1.54) is 6.26 Å². The minimum atomic E-state index is -0.424. The van der Waals surface area contributed by atoms with E-state index < -0.39 is 6.04 Å². The summed E-state index contributed by atoms with van der Waals surface area (Å²) in [5, 5.41) is 0. The second-order valence-electron chi connectivity index (χ2n) is 4.99. The third-order valence-corrected chi connectivity index (χ3v) is 3.53. The third kappa shape index (κ3) is 3.19. The summed E-state index contributed by atoms with van der Waals surface area (Å²) in [5.74, 6) is 0.198. The number of carbonyl (C=O) groups is 2. The highest BCUT2D eigenvalue weighted by molar-refractivity contribution is 5.91. The van der Waals surface area contributed by atoms with Crippen molar-refractivity contribution >= 4 is 11.8 Å². The largest absolute Gasteiger partial charge is 0.459 e. The van der Waals surface area contributed by atoms with Gasteiger partial charge in [-0.1, -0.05) is 13.3 Å². The van der Waals surface area contributed by atoms with Gasteiger partial charge in [-0.2, -0.15) is 0 Å². The van der Waals surface area contributed by atoms with E-state index in [4.69, 9.17) is 10.2 Å². The second-order valence-corrected chi connectivity index (χ2v) is 4.99. The molecule has 0 radical (unpaired) electrons. The van der Waals surface area contributed by atoms with Crippen LogP contribution in [0, 0.1) is 0 Å². The molecule has 1 aliphatic heterocycles. The topological polar surface area (TPSA) is 79.8 Å². The van der Waals surface area contributed by atoms with Gasteiger partial charge < -0.3 is 20.0 Å². The molecule has 0 saturated carbocycles. The molecule has 2 N–H and O–H groups in total. The number of furan rings is 1. The van der Waals surface area contributed by atoms with Crippen LogP contribution in [-0.4, -0.2) is 53.8 Å². The highest BCUT2D eigenvalue weighted by Crippen LogP contribution is 2.10. The lowest BCUT2D eigenvalue weighted by Gasteiger charge is -2.35. The summed E-state index contributed by atoms with van der Waals surface area (Å²) in [7, 11) is 0. The molecular weight excluding hydrogens is 258 g/mol. The van der Waals surface area contributed by atoms with Crippen LogP contribution in [0.4, 0.5) is 0 Å². The fourth-order valence-corrected chi connectivity index (χ4v) is 2.36. The van der Waals surface area contributed by atoms with Crippen LogP contribution in [0.5, 0.6) is 0 Å². The first-order valence-electron chi connectivity index (χ1n) is 7.00. The van der Waals surface area contributed by atoms with Crippen LogP contribution in [0.15, 0.2) is 22.8 Å². The first-order valence-corrected chi connectivity index (χ1v) is 7.00. The molecule has 1 atom stereocenters. The van der Waals surface area contributed by atoms with Crippen LogP contribution in [0.3, 0.4) is 0 Å². The van der Waals surface area contributed by atoms with Crippen molar-refractivity contribution in [2.24, 2.45) is 5.73 Å². The Balaban J connectivity index is 1.86. The zero-order chi connectivity index (χ0) is 14.5. The van der Waals surface area contributed by atoms with Gasteiger partial charge in [0.2, 0.25) is 5.91 Å². The Bertz CT molecular complexity index is 450. The monoisotopic (exact) mass is 279 g/mol. The minimum absolute atomic E-state index is 0.0167. The average molecular weight is 279 g/mol. The first kappa shape index (κ1) is 14.6. The van der Waals surface area contributed by atoms with E-state index in [0.29, 0.717) is 38.4 Å². The molecule has 1 saturated heterocycles. The van der Waals surface area contributed by atoms with Crippen LogP contribution in [-0.2, 0) is 4.79 Å².